The summed E-state index contributed by atoms with van der Waals surface area (Å²) >= 11 is 18.1. The van der Waals surface area contributed by atoms with Gasteiger partial charge in [0.1, 0.15) is 10.7 Å². The summed E-state index contributed by atoms with van der Waals surface area (Å²) in [5.41, 5.74) is 2.77. The van der Waals surface area contributed by atoms with Gasteiger partial charge in [0, 0.05) is 15.7 Å². The third-order valence-electron chi connectivity index (χ3n) is 3.98. The smallest absolute Gasteiger partial charge is 0.283 e. The minimum Gasteiger partial charge on any atom is -0.350 e. The van der Waals surface area contributed by atoms with Crippen LogP contribution < -0.4 is 10.2 Å². The number of imide groups is 1. The van der Waals surface area contributed by atoms with Crippen molar-refractivity contribution in [1.29, 1.82) is 0 Å². The Hall–Kier alpha value is -2.01. The second kappa shape index (κ2) is 6.71. The predicted molar refractivity (Wildman–Crippen MR) is 101 cm³/mol. The van der Waals surface area contributed by atoms with Crippen molar-refractivity contribution >= 4 is 58.0 Å². The van der Waals surface area contributed by atoms with Crippen LogP contribution in [0.1, 0.15) is 11.1 Å². The molecule has 3 rings (SSSR count). The molecule has 0 fully saturated rings. The molecule has 0 aliphatic carbocycles. The normalized spacial score (nSPS) is 14.5. The fourth-order valence-electron chi connectivity index (χ4n) is 2.58. The minimum atomic E-state index is -0.573. The lowest BCUT2D eigenvalue weighted by molar-refractivity contribution is -0.120. The van der Waals surface area contributed by atoms with E-state index in [2.05, 4.69) is 5.32 Å². The van der Waals surface area contributed by atoms with Gasteiger partial charge in [-0.1, -0.05) is 46.9 Å². The maximum absolute atomic E-state index is 12.8. The first kappa shape index (κ1) is 17.8. The molecule has 1 heterocycles. The molecule has 7 heteroatoms. The number of benzene rings is 2. The lowest BCUT2D eigenvalue weighted by atomic mass is 10.1. The number of hydrogen-bond acceptors (Lipinski definition) is 3. The van der Waals surface area contributed by atoms with Crippen molar-refractivity contribution in [3.8, 4) is 0 Å². The molecule has 1 N–H and O–H groups in total. The highest BCUT2D eigenvalue weighted by atomic mass is 35.5. The Morgan fingerprint density at radius 3 is 2.20 bits per heavy atom. The largest absolute Gasteiger partial charge is 0.350 e. The third-order valence-corrected chi connectivity index (χ3v) is 4.76. The maximum atomic E-state index is 12.8. The van der Waals surface area contributed by atoms with Crippen molar-refractivity contribution in [3.63, 3.8) is 0 Å². The molecule has 0 bridgehead atoms. The number of halogens is 3. The van der Waals surface area contributed by atoms with E-state index in [-0.39, 0.29) is 10.7 Å². The van der Waals surface area contributed by atoms with Gasteiger partial charge in [0.25, 0.3) is 11.8 Å². The summed E-state index contributed by atoms with van der Waals surface area (Å²) in [5, 5.41) is 3.47. The van der Waals surface area contributed by atoms with Gasteiger partial charge in [0.2, 0.25) is 0 Å². The zero-order chi connectivity index (χ0) is 18.3. The Kier molecular flexibility index (Phi) is 4.78. The highest BCUT2D eigenvalue weighted by molar-refractivity contribution is 6.53. The molecular weight excluding hydrogens is 383 g/mol. The SMILES string of the molecule is Cc1cccc(N2C(=O)C(Cl)=C(Nc3cc(Cl)cc(Cl)c3)C2=O)c1C. The zero-order valence-corrected chi connectivity index (χ0v) is 15.6. The van der Waals surface area contributed by atoms with Gasteiger partial charge < -0.3 is 5.32 Å². The van der Waals surface area contributed by atoms with Crippen LogP contribution in [0, 0.1) is 13.8 Å². The molecule has 2 aromatic rings. The number of anilines is 2. The second-order valence-electron chi connectivity index (χ2n) is 5.64. The van der Waals surface area contributed by atoms with Crippen LogP contribution in [-0.4, -0.2) is 11.8 Å². The number of hydrogen-bond donors (Lipinski definition) is 1. The summed E-state index contributed by atoms with van der Waals surface area (Å²) in [7, 11) is 0. The van der Waals surface area contributed by atoms with Crippen LogP contribution >= 0.6 is 34.8 Å². The van der Waals surface area contributed by atoms with Crippen molar-refractivity contribution in [1.82, 2.24) is 0 Å². The van der Waals surface area contributed by atoms with Crippen LogP contribution in [0.15, 0.2) is 47.1 Å². The van der Waals surface area contributed by atoms with E-state index in [1.165, 1.54) is 0 Å². The quantitative estimate of drug-likeness (QED) is 0.740. The summed E-state index contributed by atoms with van der Waals surface area (Å²) in [6.07, 6.45) is 0. The number of aryl methyl sites for hydroxylation is 1. The monoisotopic (exact) mass is 394 g/mol. The first-order valence-electron chi connectivity index (χ1n) is 7.37. The molecule has 2 amide bonds. The van der Waals surface area contributed by atoms with E-state index >= 15 is 0 Å². The summed E-state index contributed by atoms with van der Waals surface area (Å²) in [6, 6.07) is 10.1. The fraction of sp³-hybridized carbons (Fsp3) is 0.111. The first-order valence-corrected chi connectivity index (χ1v) is 8.51. The maximum Gasteiger partial charge on any atom is 0.283 e. The number of carbonyl (C=O) groups excluding carboxylic acids is 2. The molecule has 1 aliphatic rings. The van der Waals surface area contributed by atoms with Crippen molar-refractivity contribution in [2.24, 2.45) is 0 Å². The van der Waals surface area contributed by atoms with Crippen molar-refractivity contribution < 1.29 is 9.59 Å². The predicted octanol–water partition coefficient (Wildman–Crippen LogP) is 5.05. The van der Waals surface area contributed by atoms with E-state index in [1.54, 1.807) is 30.3 Å². The van der Waals surface area contributed by atoms with Crippen molar-refractivity contribution in [2.75, 3.05) is 10.2 Å². The highest BCUT2D eigenvalue weighted by Gasteiger charge is 2.39. The van der Waals surface area contributed by atoms with E-state index < -0.39 is 11.8 Å². The average Bonchev–Trinajstić information content (AvgIpc) is 2.73. The van der Waals surface area contributed by atoms with Gasteiger partial charge in [-0.05, 0) is 49.2 Å². The van der Waals surface area contributed by atoms with Gasteiger partial charge in [-0.3, -0.25) is 9.59 Å². The van der Waals surface area contributed by atoms with Crippen LogP contribution in [0.2, 0.25) is 10.0 Å². The topological polar surface area (TPSA) is 49.4 Å². The summed E-state index contributed by atoms with van der Waals surface area (Å²) < 4.78 is 0. The molecule has 128 valence electrons. The lowest BCUT2D eigenvalue weighted by Gasteiger charge is -2.18. The van der Waals surface area contributed by atoms with Gasteiger partial charge in [-0.2, -0.15) is 0 Å². The van der Waals surface area contributed by atoms with E-state index in [0.717, 1.165) is 16.0 Å². The molecule has 0 spiro atoms. The minimum absolute atomic E-state index is 0.00842. The molecular formula is C18H13Cl3N2O2. The number of amides is 2. The van der Waals surface area contributed by atoms with E-state index in [0.29, 0.717) is 21.4 Å². The molecule has 2 aromatic carbocycles. The Morgan fingerprint density at radius 1 is 0.920 bits per heavy atom. The van der Waals surface area contributed by atoms with E-state index in [9.17, 15) is 9.59 Å². The third kappa shape index (κ3) is 3.25. The van der Waals surface area contributed by atoms with Gasteiger partial charge in [-0.25, -0.2) is 4.90 Å². The molecule has 4 nitrogen and oxygen atoms in total. The molecule has 0 radical (unpaired) electrons. The zero-order valence-electron chi connectivity index (χ0n) is 13.4. The van der Waals surface area contributed by atoms with Crippen molar-refractivity contribution in [2.45, 2.75) is 13.8 Å². The van der Waals surface area contributed by atoms with E-state index in [4.69, 9.17) is 34.8 Å². The molecule has 0 atom stereocenters. The van der Waals surface area contributed by atoms with Gasteiger partial charge in [-0.15, -0.1) is 0 Å². The Balaban J connectivity index is 1.98. The van der Waals surface area contributed by atoms with Crippen LogP contribution in [0.5, 0.6) is 0 Å². The van der Waals surface area contributed by atoms with Gasteiger partial charge in [0.15, 0.2) is 0 Å². The lowest BCUT2D eigenvalue weighted by Crippen LogP contribution is -2.33. The second-order valence-corrected chi connectivity index (χ2v) is 6.89. The van der Waals surface area contributed by atoms with Gasteiger partial charge in [0.05, 0.1) is 5.69 Å². The highest BCUT2D eigenvalue weighted by Crippen LogP contribution is 2.33. The van der Waals surface area contributed by atoms with Gasteiger partial charge >= 0.3 is 0 Å². The molecule has 0 unspecified atom stereocenters. The number of nitrogens with one attached hydrogen (secondary N) is 1. The molecule has 25 heavy (non-hydrogen) atoms. The number of nitrogens with zero attached hydrogens (tertiary/aromatic N) is 1. The number of carbonyl (C=O) groups is 2. The molecule has 0 aromatic heterocycles. The molecule has 0 saturated heterocycles. The summed E-state index contributed by atoms with van der Waals surface area (Å²) in [5.74, 6) is -1.10. The molecule has 0 saturated carbocycles. The van der Waals surface area contributed by atoms with Crippen LogP contribution in [0.3, 0.4) is 0 Å². The van der Waals surface area contributed by atoms with Crippen LogP contribution in [0.4, 0.5) is 11.4 Å². The van der Waals surface area contributed by atoms with Crippen LogP contribution in [0.25, 0.3) is 0 Å². The number of rotatable bonds is 3. The van der Waals surface area contributed by atoms with E-state index in [1.807, 2.05) is 19.9 Å². The standard InChI is InChI=1S/C18H13Cl3N2O2/c1-9-4-3-5-14(10(9)2)23-17(24)15(21)16(18(23)25)22-13-7-11(19)6-12(20)8-13/h3-8,22H,1-2H3. The Labute approximate surface area is 160 Å². The van der Waals surface area contributed by atoms with Crippen molar-refractivity contribution in [3.05, 3.63) is 68.3 Å². The van der Waals surface area contributed by atoms with Crippen LogP contribution in [-0.2, 0) is 9.59 Å². The average molecular weight is 396 g/mol. The first-order chi connectivity index (χ1) is 11.8. The summed E-state index contributed by atoms with van der Waals surface area (Å²) in [4.78, 5) is 26.4. The Morgan fingerprint density at radius 2 is 1.56 bits per heavy atom. The Bertz CT molecular complexity index is 918. The molecule has 1 aliphatic heterocycles. The summed E-state index contributed by atoms with van der Waals surface area (Å²) in [6.45, 7) is 3.76. The fourth-order valence-corrected chi connectivity index (χ4v) is 3.32.